The van der Waals surface area contributed by atoms with Crippen LogP contribution in [0.1, 0.15) is 42.3 Å². The second-order valence-electron chi connectivity index (χ2n) is 7.73. The average Bonchev–Trinajstić information content (AvgIpc) is 3.42. The second kappa shape index (κ2) is 7.99. The summed E-state index contributed by atoms with van der Waals surface area (Å²) in [6, 6.07) is 16.3. The number of aromatic nitrogens is 5. The minimum Gasteiger partial charge on any atom is -0.496 e. The Morgan fingerprint density at radius 2 is 1.80 bits per heavy atom. The number of nitrogens with one attached hydrogen (secondary N) is 2. The number of benzene rings is 2. The fourth-order valence-electron chi connectivity index (χ4n) is 3.36. The van der Waals surface area contributed by atoms with Crippen LogP contribution in [0, 0.1) is 6.92 Å². The van der Waals surface area contributed by atoms with Crippen LogP contribution >= 0.6 is 0 Å². The number of aryl methyl sites for hydroxylation is 1. The van der Waals surface area contributed by atoms with Crippen molar-refractivity contribution >= 4 is 12.2 Å². The molecule has 0 atom stereocenters. The Bertz CT molecular complexity index is 1170. The minimum absolute atomic E-state index is 0.258. The van der Waals surface area contributed by atoms with Crippen molar-refractivity contribution in [2.75, 3.05) is 7.11 Å². The summed E-state index contributed by atoms with van der Waals surface area (Å²) >= 11 is 0. The van der Waals surface area contributed by atoms with Crippen LogP contribution in [0.5, 0.6) is 5.75 Å². The first kappa shape index (κ1) is 19.6. The number of rotatable bonds is 6. The minimum atomic E-state index is -0.258. The average molecular weight is 399 g/mol. The zero-order valence-corrected chi connectivity index (χ0v) is 17.6. The molecule has 0 saturated carbocycles. The maximum atomic E-state index is 5.57. The molecule has 30 heavy (non-hydrogen) atoms. The highest BCUT2D eigenvalue weighted by molar-refractivity contribution is 5.72. The van der Waals surface area contributed by atoms with E-state index in [1.807, 2.05) is 61.7 Å². The third kappa shape index (κ3) is 3.89. The molecule has 6 heteroatoms. The molecule has 0 aliphatic heterocycles. The number of aromatic amines is 2. The molecule has 2 aromatic heterocycles. The van der Waals surface area contributed by atoms with E-state index < -0.39 is 0 Å². The summed E-state index contributed by atoms with van der Waals surface area (Å²) in [6.45, 7) is 6.22. The summed E-state index contributed by atoms with van der Waals surface area (Å²) in [6.07, 6.45) is 5.78. The van der Waals surface area contributed by atoms with Crippen LogP contribution in [0.25, 0.3) is 23.5 Å². The van der Waals surface area contributed by atoms with E-state index in [0.717, 1.165) is 34.2 Å². The normalized spacial score (nSPS) is 11.9. The van der Waals surface area contributed by atoms with Crippen molar-refractivity contribution in [2.45, 2.75) is 26.2 Å². The fraction of sp³-hybridized carbons (Fsp3) is 0.208. The predicted octanol–water partition coefficient (Wildman–Crippen LogP) is 5.01. The Hall–Kier alpha value is -3.67. The smallest absolute Gasteiger partial charge is 0.154 e. The van der Waals surface area contributed by atoms with E-state index in [4.69, 9.17) is 4.74 Å². The molecule has 0 saturated heterocycles. The monoisotopic (exact) mass is 399 g/mol. The predicted molar refractivity (Wildman–Crippen MR) is 119 cm³/mol. The lowest BCUT2D eigenvalue weighted by atomic mass is 9.84. The van der Waals surface area contributed by atoms with Gasteiger partial charge in [0.05, 0.1) is 18.4 Å². The van der Waals surface area contributed by atoms with Crippen molar-refractivity contribution in [2.24, 2.45) is 0 Å². The number of nitrogens with zero attached hydrogens (tertiary/aromatic N) is 3. The maximum absolute atomic E-state index is 5.57. The van der Waals surface area contributed by atoms with E-state index in [2.05, 4.69) is 51.1 Å². The van der Waals surface area contributed by atoms with Crippen LogP contribution in [0.15, 0.2) is 54.7 Å². The van der Waals surface area contributed by atoms with Crippen LogP contribution in [-0.2, 0) is 5.41 Å². The zero-order chi connectivity index (χ0) is 21.1. The van der Waals surface area contributed by atoms with Gasteiger partial charge in [-0.2, -0.15) is 0 Å². The van der Waals surface area contributed by atoms with Gasteiger partial charge in [0, 0.05) is 11.6 Å². The van der Waals surface area contributed by atoms with Gasteiger partial charge < -0.3 is 14.7 Å². The Balaban J connectivity index is 1.56. The molecule has 2 aromatic carbocycles. The fourth-order valence-corrected chi connectivity index (χ4v) is 3.36. The first-order valence-corrected chi connectivity index (χ1v) is 9.84. The number of methoxy groups -OCH3 is 1. The van der Waals surface area contributed by atoms with Gasteiger partial charge in [-0.3, -0.25) is 0 Å². The molecule has 0 fully saturated rings. The van der Waals surface area contributed by atoms with Gasteiger partial charge in [-0.15, -0.1) is 10.2 Å². The van der Waals surface area contributed by atoms with Crippen LogP contribution in [0.2, 0.25) is 0 Å². The molecule has 0 aliphatic carbocycles. The molecule has 0 radical (unpaired) electrons. The van der Waals surface area contributed by atoms with Gasteiger partial charge in [0.1, 0.15) is 17.4 Å². The quantitative estimate of drug-likeness (QED) is 0.478. The lowest BCUT2D eigenvalue weighted by Gasteiger charge is -2.21. The third-order valence-electron chi connectivity index (χ3n) is 5.21. The summed E-state index contributed by atoms with van der Waals surface area (Å²) in [5.41, 5.74) is 3.79. The van der Waals surface area contributed by atoms with Gasteiger partial charge in [0.15, 0.2) is 5.82 Å². The maximum Gasteiger partial charge on any atom is 0.154 e. The Morgan fingerprint density at radius 1 is 1.00 bits per heavy atom. The van der Waals surface area contributed by atoms with Gasteiger partial charge in [-0.05, 0) is 50.1 Å². The topological polar surface area (TPSA) is 79.5 Å². The summed E-state index contributed by atoms with van der Waals surface area (Å²) in [4.78, 5) is 11.0. The summed E-state index contributed by atoms with van der Waals surface area (Å²) in [5.74, 6) is 3.09. The Kier molecular flexibility index (Phi) is 5.23. The Morgan fingerprint density at radius 3 is 2.50 bits per heavy atom. The molecule has 6 nitrogen and oxygen atoms in total. The molecule has 4 aromatic rings. The van der Waals surface area contributed by atoms with E-state index in [9.17, 15) is 0 Å². The van der Waals surface area contributed by atoms with Crippen LogP contribution in [-0.4, -0.2) is 32.3 Å². The van der Waals surface area contributed by atoms with Gasteiger partial charge in [0.2, 0.25) is 0 Å². The van der Waals surface area contributed by atoms with E-state index >= 15 is 0 Å². The molecule has 152 valence electrons. The number of hydrogen-bond donors (Lipinski definition) is 2. The van der Waals surface area contributed by atoms with Gasteiger partial charge >= 0.3 is 0 Å². The third-order valence-corrected chi connectivity index (χ3v) is 5.21. The Labute approximate surface area is 176 Å². The van der Waals surface area contributed by atoms with Crippen molar-refractivity contribution in [3.8, 4) is 17.1 Å². The molecule has 0 unspecified atom stereocenters. The summed E-state index contributed by atoms with van der Waals surface area (Å²) in [5, 5.41) is 8.67. The highest BCUT2D eigenvalue weighted by Gasteiger charge is 2.26. The number of hydrogen-bond acceptors (Lipinski definition) is 4. The highest BCUT2D eigenvalue weighted by atomic mass is 16.5. The van der Waals surface area contributed by atoms with Crippen molar-refractivity contribution in [1.82, 2.24) is 25.1 Å². The number of imidazole rings is 1. The lowest BCUT2D eigenvalue weighted by molar-refractivity contribution is 0.416. The number of H-pyrrole nitrogens is 2. The molecule has 0 bridgehead atoms. The zero-order valence-electron chi connectivity index (χ0n) is 17.6. The van der Waals surface area contributed by atoms with E-state index in [0.29, 0.717) is 5.82 Å². The molecular formula is C24H25N5O. The van der Waals surface area contributed by atoms with Gasteiger partial charge in [-0.1, -0.05) is 42.5 Å². The lowest BCUT2D eigenvalue weighted by Crippen LogP contribution is -2.20. The summed E-state index contributed by atoms with van der Waals surface area (Å²) < 4.78 is 5.57. The van der Waals surface area contributed by atoms with Crippen molar-refractivity contribution in [3.05, 3.63) is 83.2 Å². The first-order chi connectivity index (χ1) is 14.5. The van der Waals surface area contributed by atoms with Gasteiger partial charge in [-0.25, -0.2) is 4.98 Å². The van der Waals surface area contributed by atoms with Crippen molar-refractivity contribution < 1.29 is 4.74 Å². The first-order valence-electron chi connectivity index (χ1n) is 9.84. The van der Waals surface area contributed by atoms with E-state index in [1.165, 1.54) is 5.56 Å². The summed E-state index contributed by atoms with van der Waals surface area (Å²) in [7, 11) is 1.66. The van der Waals surface area contributed by atoms with Crippen molar-refractivity contribution in [1.29, 1.82) is 0 Å². The standard InChI is InChI=1S/C24H25N5O/c1-16-15-25-22(26-16)19-12-10-17(14-20(19)30-4)11-13-21-27-23(29-28-21)24(2,3)18-8-6-5-7-9-18/h5-15H,1-4H3,(H,25,26)(H,27,28,29). The molecule has 4 rings (SSSR count). The van der Waals surface area contributed by atoms with E-state index in [-0.39, 0.29) is 5.41 Å². The second-order valence-corrected chi connectivity index (χ2v) is 7.73. The largest absolute Gasteiger partial charge is 0.496 e. The molecule has 2 N–H and O–H groups in total. The molecular weight excluding hydrogens is 374 g/mol. The SMILES string of the molecule is COc1cc(C=Cc2nnc(C(C)(C)c3ccccc3)[nH]2)ccc1-c1nc(C)c[nH]1. The molecule has 2 heterocycles. The number of ether oxygens (including phenoxy) is 1. The van der Waals surface area contributed by atoms with Crippen LogP contribution in [0.3, 0.4) is 0 Å². The highest BCUT2D eigenvalue weighted by Crippen LogP contribution is 2.30. The van der Waals surface area contributed by atoms with Crippen LogP contribution < -0.4 is 4.74 Å². The molecule has 0 aliphatic rings. The molecule has 0 spiro atoms. The van der Waals surface area contributed by atoms with Crippen molar-refractivity contribution in [3.63, 3.8) is 0 Å². The molecule has 0 amide bonds. The van der Waals surface area contributed by atoms with Gasteiger partial charge in [0.25, 0.3) is 0 Å². The van der Waals surface area contributed by atoms with E-state index in [1.54, 1.807) is 7.11 Å². The van der Waals surface area contributed by atoms with Crippen LogP contribution in [0.4, 0.5) is 0 Å².